The standard InChI is InChI=1S/C13H20IN3O/c1-7(2)11(18-4)13-16-10(8-5-6-8)9(14)12(15-3)17-13/h7-8,11H,5-6H2,1-4H3,(H,15,16,17). The first kappa shape index (κ1) is 14.0. The lowest BCUT2D eigenvalue weighted by Gasteiger charge is -2.20. The van der Waals surface area contributed by atoms with Gasteiger partial charge in [0.2, 0.25) is 0 Å². The number of hydrogen-bond donors (Lipinski definition) is 1. The van der Waals surface area contributed by atoms with Crippen molar-refractivity contribution in [1.29, 1.82) is 0 Å². The number of anilines is 1. The van der Waals surface area contributed by atoms with Crippen molar-refractivity contribution in [3.8, 4) is 0 Å². The van der Waals surface area contributed by atoms with E-state index in [0.717, 1.165) is 15.2 Å². The molecular formula is C13H20IN3O. The molecule has 0 aliphatic heterocycles. The van der Waals surface area contributed by atoms with Crippen LogP contribution < -0.4 is 5.32 Å². The van der Waals surface area contributed by atoms with Gasteiger partial charge in [-0.25, -0.2) is 9.97 Å². The second-order valence-electron chi connectivity index (χ2n) is 5.05. The Bertz CT molecular complexity index is 432. The van der Waals surface area contributed by atoms with E-state index in [-0.39, 0.29) is 6.10 Å². The summed E-state index contributed by atoms with van der Waals surface area (Å²) in [6, 6.07) is 0. The number of nitrogens with zero attached hydrogens (tertiary/aromatic N) is 2. The van der Waals surface area contributed by atoms with Crippen LogP contribution >= 0.6 is 22.6 Å². The summed E-state index contributed by atoms with van der Waals surface area (Å²) in [6.45, 7) is 4.26. The van der Waals surface area contributed by atoms with Gasteiger partial charge < -0.3 is 10.1 Å². The Kier molecular flexibility index (Phi) is 4.42. The Morgan fingerprint density at radius 1 is 1.33 bits per heavy atom. The number of halogens is 1. The van der Waals surface area contributed by atoms with Gasteiger partial charge in [0.25, 0.3) is 0 Å². The molecule has 100 valence electrons. The molecule has 1 fully saturated rings. The lowest BCUT2D eigenvalue weighted by Crippen LogP contribution is -2.16. The summed E-state index contributed by atoms with van der Waals surface area (Å²) in [5, 5.41) is 3.16. The van der Waals surface area contributed by atoms with E-state index in [2.05, 4.69) is 46.7 Å². The van der Waals surface area contributed by atoms with E-state index in [0.29, 0.717) is 11.8 Å². The number of methoxy groups -OCH3 is 1. The van der Waals surface area contributed by atoms with Crippen LogP contribution in [0.25, 0.3) is 0 Å². The highest BCUT2D eigenvalue weighted by Gasteiger charge is 2.31. The molecule has 1 atom stereocenters. The summed E-state index contributed by atoms with van der Waals surface area (Å²) in [4.78, 5) is 9.35. The molecule has 0 radical (unpaired) electrons. The molecule has 1 unspecified atom stereocenters. The van der Waals surface area contributed by atoms with Crippen LogP contribution in [0, 0.1) is 9.49 Å². The van der Waals surface area contributed by atoms with Crippen LogP contribution in [0.4, 0.5) is 5.82 Å². The zero-order valence-corrected chi connectivity index (χ0v) is 13.5. The van der Waals surface area contributed by atoms with Gasteiger partial charge in [-0.2, -0.15) is 0 Å². The summed E-state index contributed by atoms with van der Waals surface area (Å²) < 4.78 is 6.69. The van der Waals surface area contributed by atoms with Crippen molar-refractivity contribution in [2.45, 2.75) is 38.7 Å². The highest BCUT2D eigenvalue weighted by atomic mass is 127. The van der Waals surface area contributed by atoms with Crippen LogP contribution in [0.15, 0.2) is 0 Å². The fourth-order valence-electron chi connectivity index (χ4n) is 2.08. The van der Waals surface area contributed by atoms with E-state index in [1.54, 1.807) is 7.11 Å². The molecule has 1 saturated carbocycles. The van der Waals surface area contributed by atoms with E-state index in [1.165, 1.54) is 18.5 Å². The molecule has 0 saturated heterocycles. The predicted octanol–water partition coefficient (Wildman–Crippen LogP) is 3.34. The van der Waals surface area contributed by atoms with Crippen molar-refractivity contribution in [3.05, 3.63) is 15.1 Å². The molecule has 1 aromatic rings. The first-order chi connectivity index (χ1) is 8.58. The van der Waals surface area contributed by atoms with Crippen LogP contribution in [-0.2, 0) is 4.74 Å². The third-order valence-corrected chi connectivity index (χ3v) is 4.27. The van der Waals surface area contributed by atoms with Gasteiger partial charge in [0.1, 0.15) is 11.9 Å². The van der Waals surface area contributed by atoms with Gasteiger partial charge >= 0.3 is 0 Å². The quantitative estimate of drug-likeness (QED) is 0.818. The monoisotopic (exact) mass is 361 g/mol. The van der Waals surface area contributed by atoms with E-state index in [1.807, 2.05) is 7.05 Å². The number of rotatable bonds is 5. The zero-order chi connectivity index (χ0) is 13.3. The molecule has 1 aliphatic carbocycles. The smallest absolute Gasteiger partial charge is 0.160 e. The summed E-state index contributed by atoms with van der Waals surface area (Å²) in [7, 11) is 3.63. The molecule has 5 heteroatoms. The Labute approximate surface area is 122 Å². The molecule has 2 rings (SSSR count). The fraction of sp³-hybridized carbons (Fsp3) is 0.692. The maximum Gasteiger partial charge on any atom is 0.160 e. The Morgan fingerprint density at radius 3 is 2.44 bits per heavy atom. The van der Waals surface area contributed by atoms with Crippen molar-refractivity contribution in [2.24, 2.45) is 5.92 Å². The first-order valence-corrected chi connectivity index (χ1v) is 7.44. The molecule has 0 bridgehead atoms. The topological polar surface area (TPSA) is 47.0 Å². The highest BCUT2D eigenvalue weighted by Crippen LogP contribution is 2.42. The molecule has 0 spiro atoms. The van der Waals surface area contributed by atoms with Crippen LogP contribution in [0.3, 0.4) is 0 Å². The third kappa shape index (κ3) is 2.77. The molecule has 0 aromatic carbocycles. The maximum atomic E-state index is 5.54. The minimum absolute atomic E-state index is 0.0356. The zero-order valence-electron chi connectivity index (χ0n) is 11.3. The first-order valence-electron chi connectivity index (χ1n) is 6.36. The molecule has 18 heavy (non-hydrogen) atoms. The highest BCUT2D eigenvalue weighted by molar-refractivity contribution is 14.1. The lowest BCUT2D eigenvalue weighted by molar-refractivity contribution is 0.0573. The van der Waals surface area contributed by atoms with Crippen molar-refractivity contribution in [3.63, 3.8) is 0 Å². The largest absolute Gasteiger partial charge is 0.373 e. The molecule has 1 heterocycles. The number of aromatic nitrogens is 2. The van der Waals surface area contributed by atoms with E-state index in [4.69, 9.17) is 9.72 Å². The Balaban J connectivity index is 2.44. The normalized spacial score (nSPS) is 17.0. The van der Waals surface area contributed by atoms with Gasteiger partial charge in [0.15, 0.2) is 5.82 Å². The van der Waals surface area contributed by atoms with Gasteiger partial charge in [0.05, 0.1) is 9.26 Å². The van der Waals surface area contributed by atoms with Gasteiger partial charge in [-0.05, 0) is 41.4 Å². The van der Waals surface area contributed by atoms with Crippen LogP contribution in [0.2, 0.25) is 0 Å². The van der Waals surface area contributed by atoms with Crippen LogP contribution in [-0.4, -0.2) is 24.1 Å². The van der Waals surface area contributed by atoms with Crippen molar-refractivity contribution < 1.29 is 4.74 Å². The molecule has 4 nitrogen and oxygen atoms in total. The summed E-state index contributed by atoms with van der Waals surface area (Å²) >= 11 is 2.34. The van der Waals surface area contributed by atoms with Gasteiger partial charge in [-0.15, -0.1) is 0 Å². The second kappa shape index (κ2) is 5.69. The predicted molar refractivity (Wildman–Crippen MR) is 80.9 cm³/mol. The van der Waals surface area contributed by atoms with Crippen molar-refractivity contribution >= 4 is 28.4 Å². The molecule has 1 N–H and O–H groups in total. The molecule has 1 aliphatic rings. The SMILES string of the molecule is CNc1nc(C(OC)C(C)C)nc(C2CC2)c1I. The lowest BCUT2D eigenvalue weighted by atomic mass is 10.1. The molecule has 1 aromatic heterocycles. The maximum absolute atomic E-state index is 5.54. The Hall–Kier alpha value is -0.430. The van der Waals surface area contributed by atoms with Crippen LogP contribution in [0.1, 0.15) is 50.2 Å². The van der Waals surface area contributed by atoms with Gasteiger partial charge in [0, 0.05) is 20.1 Å². The summed E-state index contributed by atoms with van der Waals surface area (Å²) in [6.07, 6.45) is 2.45. The van der Waals surface area contributed by atoms with Gasteiger partial charge in [-0.1, -0.05) is 13.8 Å². The van der Waals surface area contributed by atoms with Crippen molar-refractivity contribution in [1.82, 2.24) is 9.97 Å². The van der Waals surface area contributed by atoms with Crippen molar-refractivity contribution in [2.75, 3.05) is 19.5 Å². The average Bonchev–Trinajstić information content (AvgIpc) is 3.15. The summed E-state index contributed by atoms with van der Waals surface area (Å²) in [5.74, 6) is 2.71. The Morgan fingerprint density at radius 2 is 2.00 bits per heavy atom. The van der Waals surface area contributed by atoms with E-state index >= 15 is 0 Å². The summed E-state index contributed by atoms with van der Waals surface area (Å²) in [5.41, 5.74) is 1.19. The average molecular weight is 361 g/mol. The molecular weight excluding hydrogens is 341 g/mol. The molecule has 0 amide bonds. The fourth-order valence-corrected chi connectivity index (χ4v) is 3.03. The number of ether oxygens (including phenoxy) is 1. The second-order valence-corrected chi connectivity index (χ2v) is 6.13. The minimum atomic E-state index is -0.0356. The van der Waals surface area contributed by atoms with E-state index < -0.39 is 0 Å². The third-order valence-electron chi connectivity index (χ3n) is 3.21. The van der Waals surface area contributed by atoms with Crippen LogP contribution in [0.5, 0.6) is 0 Å². The number of nitrogens with one attached hydrogen (secondary N) is 1. The van der Waals surface area contributed by atoms with E-state index in [9.17, 15) is 0 Å². The minimum Gasteiger partial charge on any atom is -0.373 e. The van der Waals surface area contributed by atoms with Gasteiger partial charge in [-0.3, -0.25) is 0 Å². The number of hydrogen-bond acceptors (Lipinski definition) is 4.